The summed E-state index contributed by atoms with van der Waals surface area (Å²) in [4.78, 5) is 0. The Labute approximate surface area is 131 Å². The van der Waals surface area contributed by atoms with Crippen LogP contribution in [0.2, 0.25) is 0 Å². The van der Waals surface area contributed by atoms with Crippen LogP contribution >= 0.6 is 0 Å². The third-order valence-corrected chi connectivity index (χ3v) is 5.16. The minimum Gasteiger partial charge on any atom is -0.307 e. The van der Waals surface area contributed by atoms with Gasteiger partial charge in [-0.25, -0.2) is 0 Å². The lowest BCUT2D eigenvalue weighted by molar-refractivity contribution is 0.264. The van der Waals surface area contributed by atoms with Crippen molar-refractivity contribution < 1.29 is 0 Å². The first-order valence-electron chi connectivity index (χ1n) is 9.14. The molecule has 0 amide bonds. The van der Waals surface area contributed by atoms with Gasteiger partial charge in [-0.3, -0.25) is 0 Å². The van der Waals surface area contributed by atoms with Crippen LogP contribution in [0.1, 0.15) is 83.2 Å². The van der Waals surface area contributed by atoms with Crippen LogP contribution in [0.5, 0.6) is 0 Å². The van der Waals surface area contributed by atoms with Gasteiger partial charge in [-0.2, -0.15) is 0 Å². The van der Waals surface area contributed by atoms with Gasteiger partial charge in [0.1, 0.15) is 0 Å². The molecule has 1 N–H and O–H groups in total. The highest BCUT2D eigenvalue weighted by Gasteiger charge is 2.22. The summed E-state index contributed by atoms with van der Waals surface area (Å²) in [6.07, 6.45) is 12.2. The fraction of sp³-hybridized carbons (Fsp3) is 0.700. The smallest absolute Gasteiger partial charge is 0.0322 e. The molecule has 0 radical (unpaired) electrons. The Morgan fingerprint density at radius 3 is 2.33 bits per heavy atom. The molecule has 1 aliphatic carbocycles. The summed E-state index contributed by atoms with van der Waals surface area (Å²) in [5.41, 5.74) is 1.48. The van der Waals surface area contributed by atoms with Gasteiger partial charge >= 0.3 is 0 Å². The second-order valence-corrected chi connectivity index (χ2v) is 6.75. The SMILES string of the molecule is CCCCCC(NC1CCC(CC)CC1)c1ccccc1. The van der Waals surface area contributed by atoms with Crippen LogP contribution in [0.25, 0.3) is 0 Å². The van der Waals surface area contributed by atoms with Gasteiger partial charge in [0.15, 0.2) is 0 Å². The molecule has 2 rings (SSSR count). The van der Waals surface area contributed by atoms with Crippen LogP contribution in [0, 0.1) is 5.92 Å². The molecule has 21 heavy (non-hydrogen) atoms. The Hall–Kier alpha value is -0.820. The van der Waals surface area contributed by atoms with Crippen molar-refractivity contribution in [1.29, 1.82) is 0 Å². The molecule has 0 aromatic heterocycles. The number of nitrogens with one attached hydrogen (secondary N) is 1. The van der Waals surface area contributed by atoms with E-state index in [1.54, 1.807) is 0 Å². The lowest BCUT2D eigenvalue weighted by Gasteiger charge is -2.32. The van der Waals surface area contributed by atoms with E-state index in [1.807, 2.05) is 0 Å². The maximum absolute atomic E-state index is 3.98. The fourth-order valence-corrected chi connectivity index (χ4v) is 3.65. The zero-order valence-corrected chi connectivity index (χ0v) is 14.0. The minimum atomic E-state index is 0.556. The molecule has 1 nitrogen and oxygen atoms in total. The second kappa shape index (κ2) is 9.25. The summed E-state index contributed by atoms with van der Waals surface area (Å²) < 4.78 is 0. The Morgan fingerprint density at radius 1 is 1.00 bits per heavy atom. The number of benzene rings is 1. The third kappa shape index (κ3) is 5.47. The van der Waals surface area contributed by atoms with Crippen LogP contribution in [0.15, 0.2) is 30.3 Å². The van der Waals surface area contributed by atoms with E-state index >= 15 is 0 Å². The van der Waals surface area contributed by atoms with E-state index in [-0.39, 0.29) is 0 Å². The molecule has 1 heteroatoms. The molecule has 1 aromatic rings. The van der Waals surface area contributed by atoms with E-state index in [4.69, 9.17) is 0 Å². The average Bonchev–Trinajstić information content (AvgIpc) is 2.55. The lowest BCUT2D eigenvalue weighted by atomic mass is 9.84. The van der Waals surface area contributed by atoms with Crippen molar-refractivity contribution in [2.24, 2.45) is 5.92 Å². The van der Waals surface area contributed by atoms with Crippen LogP contribution in [0.4, 0.5) is 0 Å². The van der Waals surface area contributed by atoms with E-state index < -0.39 is 0 Å². The monoisotopic (exact) mass is 287 g/mol. The summed E-state index contributed by atoms with van der Waals surface area (Å²) in [7, 11) is 0. The molecule has 1 unspecified atom stereocenters. The van der Waals surface area contributed by atoms with Gasteiger partial charge in [0.25, 0.3) is 0 Å². The molecule has 1 aliphatic rings. The van der Waals surface area contributed by atoms with Crippen molar-refractivity contribution in [2.45, 2.75) is 83.7 Å². The fourth-order valence-electron chi connectivity index (χ4n) is 3.65. The number of hydrogen-bond donors (Lipinski definition) is 1. The first kappa shape index (κ1) is 16.5. The molecule has 0 saturated heterocycles. The Balaban J connectivity index is 1.90. The van der Waals surface area contributed by atoms with Crippen molar-refractivity contribution in [3.63, 3.8) is 0 Å². The minimum absolute atomic E-state index is 0.556. The van der Waals surface area contributed by atoms with E-state index in [0.717, 1.165) is 12.0 Å². The first-order valence-corrected chi connectivity index (χ1v) is 9.14. The molecular weight excluding hydrogens is 254 g/mol. The van der Waals surface area contributed by atoms with Crippen molar-refractivity contribution in [1.82, 2.24) is 5.32 Å². The van der Waals surface area contributed by atoms with Gasteiger partial charge in [0.2, 0.25) is 0 Å². The molecule has 1 aromatic carbocycles. The predicted molar refractivity (Wildman–Crippen MR) is 92.5 cm³/mol. The van der Waals surface area contributed by atoms with E-state index in [0.29, 0.717) is 6.04 Å². The summed E-state index contributed by atoms with van der Waals surface area (Å²) in [6.45, 7) is 4.63. The summed E-state index contributed by atoms with van der Waals surface area (Å²) in [5.74, 6) is 0.985. The van der Waals surface area contributed by atoms with E-state index in [9.17, 15) is 0 Å². The predicted octanol–water partition coefficient (Wildman–Crippen LogP) is 5.87. The topological polar surface area (TPSA) is 12.0 Å². The molecule has 0 spiro atoms. The number of hydrogen-bond acceptors (Lipinski definition) is 1. The van der Waals surface area contributed by atoms with Gasteiger partial charge in [0, 0.05) is 12.1 Å². The van der Waals surface area contributed by atoms with Crippen molar-refractivity contribution in [2.75, 3.05) is 0 Å². The van der Waals surface area contributed by atoms with Crippen molar-refractivity contribution in [3.8, 4) is 0 Å². The summed E-state index contributed by atoms with van der Waals surface area (Å²) >= 11 is 0. The molecule has 0 aliphatic heterocycles. The molecule has 118 valence electrons. The lowest BCUT2D eigenvalue weighted by Crippen LogP contribution is -2.36. The Kier molecular flexibility index (Phi) is 7.29. The molecule has 1 fully saturated rings. The van der Waals surface area contributed by atoms with E-state index in [1.165, 1.54) is 63.4 Å². The van der Waals surface area contributed by atoms with Crippen LogP contribution in [-0.4, -0.2) is 6.04 Å². The second-order valence-electron chi connectivity index (χ2n) is 6.75. The number of rotatable bonds is 8. The molecular formula is C20H33N. The molecule has 0 bridgehead atoms. The molecule has 0 heterocycles. The maximum atomic E-state index is 3.98. The maximum Gasteiger partial charge on any atom is 0.0322 e. The highest BCUT2D eigenvalue weighted by Crippen LogP contribution is 2.29. The largest absolute Gasteiger partial charge is 0.307 e. The number of unbranched alkanes of at least 4 members (excludes halogenated alkanes) is 2. The first-order chi connectivity index (χ1) is 10.3. The quantitative estimate of drug-likeness (QED) is 0.590. The van der Waals surface area contributed by atoms with Gasteiger partial charge < -0.3 is 5.32 Å². The van der Waals surface area contributed by atoms with Gasteiger partial charge in [0.05, 0.1) is 0 Å². The van der Waals surface area contributed by atoms with Crippen molar-refractivity contribution >= 4 is 0 Å². The van der Waals surface area contributed by atoms with Gasteiger partial charge in [-0.05, 0) is 43.6 Å². The van der Waals surface area contributed by atoms with Gasteiger partial charge in [-0.15, -0.1) is 0 Å². The highest BCUT2D eigenvalue weighted by atomic mass is 15.0. The van der Waals surface area contributed by atoms with Crippen LogP contribution < -0.4 is 5.32 Å². The average molecular weight is 287 g/mol. The van der Waals surface area contributed by atoms with Crippen LogP contribution in [-0.2, 0) is 0 Å². The summed E-state index contributed by atoms with van der Waals surface area (Å²) in [6, 6.07) is 12.4. The third-order valence-electron chi connectivity index (χ3n) is 5.16. The standard InChI is InChI=1S/C20H33N/c1-3-5-7-12-20(18-10-8-6-9-11-18)21-19-15-13-17(4-2)14-16-19/h6,8-11,17,19-21H,3-5,7,12-16H2,1-2H3. The normalized spacial score (nSPS) is 23.9. The molecule has 1 atom stereocenters. The zero-order chi connectivity index (χ0) is 14.9. The van der Waals surface area contributed by atoms with Crippen molar-refractivity contribution in [3.05, 3.63) is 35.9 Å². The zero-order valence-electron chi connectivity index (χ0n) is 14.0. The Morgan fingerprint density at radius 2 is 1.71 bits per heavy atom. The van der Waals surface area contributed by atoms with Crippen LogP contribution in [0.3, 0.4) is 0 Å². The Bertz CT molecular complexity index is 365. The van der Waals surface area contributed by atoms with E-state index in [2.05, 4.69) is 49.5 Å². The van der Waals surface area contributed by atoms with Gasteiger partial charge in [-0.1, -0.05) is 69.9 Å². The summed E-state index contributed by atoms with van der Waals surface area (Å²) in [5, 5.41) is 3.98. The molecule has 1 saturated carbocycles. The highest BCUT2D eigenvalue weighted by molar-refractivity contribution is 5.19.